The van der Waals surface area contributed by atoms with Crippen LogP contribution in [0.15, 0.2) is 40.7 Å². The summed E-state index contributed by atoms with van der Waals surface area (Å²) >= 11 is 1.43. The summed E-state index contributed by atoms with van der Waals surface area (Å²) in [6, 6.07) is 9.01. The summed E-state index contributed by atoms with van der Waals surface area (Å²) in [5.74, 6) is 0.521. The number of rotatable bonds is 5. The Morgan fingerprint density at radius 1 is 1.42 bits per heavy atom. The predicted molar refractivity (Wildman–Crippen MR) is 101 cm³/mol. The van der Waals surface area contributed by atoms with Crippen LogP contribution in [-0.4, -0.2) is 17.0 Å². The van der Waals surface area contributed by atoms with Gasteiger partial charge in [0.05, 0.1) is 16.7 Å². The van der Waals surface area contributed by atoms with E-state index in [1.807, 2.05) is 19.2 Å². The SMILES string of the molecule is C=C(Nc1c(C=N)cc(-c2cc(C#N)ccc2C)c(=O)n1C)SC. The minimum absolute atomic E-state index is 0.199. The van der Waals surface area contributed by atoms with Crippen molar-refractivity contribution in [3.8, 4) is 17.2 Å². The van der Waals surface area contributed by atoms with Crippen LogP contribution >= 0.6 is 11.8 Å². The summed E-state index contributed by atoms with van der Waals surface area (Å²) in [5.41, 5.74) is 2.93. The molecule has 2 N–H and O–H groups in total. The molecule has 0 saturated carbocycles. The standard InChI is InChI=1S/C18H18N4OS/c1-11-5-6-13(9-19)7-15(11)16-8-14(10-20)17(21-12(2)24-4)22(3)18(16)23/h5-8,10,20-21H,2H2,1,3-4H3. The monoisotopic (exact) mass is 338 g/mol. The van der Waals surface area contributed by atoms with Crippen LogP contribution in [0.3, 0.4) is 0 Å². The van der Waals surface area contributed by atoms with E-state index < -0.39 is 0 Å². The minimum atomic E-state index is -0.199. The highest BCUT2D eigenvalue weighted by Gasteiger charge is 2.15. The second kappa shape index (κ2) is 7.20. The Balaban J connectivity index is 2.73. The number of nitrogens with zero attached hydrogens (tertiary/aromatic N) is 2. The van der Waals surface area contributed by atoms with E-state index in [1.165, 1.54) is 22.5 Å². The van der Waals surface area contributed by atoms with Gasteiger partial charge in [-0.15, -0.1) is 11.8 Å². The lowest BCUT2D eigenvalue weighted by molar-refractivity contribution is 0.870. The molecule has 0 saturated heterocycles. The highest BCUT2D eigenvalue weighted by Crippen LogP contribution is 2.26. The molecule has 0 aliphatic carbocycles. The molecule has 0 fully saturated rings. The van der Waals surface area contributed by atoms with Crippen molar-refractivity contribution in [2.45, 2.75) is 6.92 Å². The van der Waals surface area contributed by atoms with Crippen LogP contribution in [0, 0.1) is 23.7 Å². The van der Waals surface area contributed by atoms with E-state index in [-0.39, 0.29) is 5.56 Å². The molecule has 5 nitrogen and oxygen atoms in total. The maximum atomic E-state index is 12.8. The van der Waals surface area contributed by atoms with E-state index in [2.05, 4.69) is 18.0 Å². The Hall–Kier alpha value is -2.78. The molecule has 0 unspecified atom stereocenters. The number of aromatic nitrogens is 1. The molecular weight excluding hydrogens is 320 g/mol. The van der Waals surface area contributed by atoms with Gasteiger partial charge in [-0.1, -0.05) is 12.6 Å². The molecule has 24 heavy (non-hydrogen) atoms. The Kier molecular flexibility index (Phi) is 5.27. The number of thioether (sulfide) groups is 1. The number of pyridine rings is 1. The van der Waals surface area contributed by atoms with Crippen LogP contribution in [-0.2, 0) is 7.05 Å². The Morgan fingerprint density at radius 3 is 2.71 bits per heavy atom. The van der Waals surface area contributed by atoms with Gasteiger partial charge >= 0.3 is 0 Å². The van der Waals surface area contributed by atoms with Crippen molar-refractivity contribution in [1.29, 1.82) is 10.7 Å². The quantitative estimate of drug-likeness (QED) is 0.818. The average molecular weight is 338 g/mol. The first kappa shape index (κ1) is 17.6. The van der Waals surface area contributed by atoms with Gasteiger partial charge in [-0.25, -0.2) is 0 Å². The van der Waals surface area contributed by atoms with E-state index >= 15 is 0 Å². The summed E-state index contributed by atoms with van der Waals surface area (Å²) in [6.07, 6.45) is 3.07. The number of hydrogen-bond donors (Lipinski definition) is 2. The second-order valence-electron chi connectivity index (χ2n) is 5.26. The van der Waals surface area contributed by atoms with Crippen LogP contribution in [0.5, 0.6) is 0 Å². The first-order valence-corrected chi connectivity index (χ1v) is 8.41. The van der Waals surface area contributed by atoms with Crippen LogP contribution < -0.4 is 10.9 Å². The van der Waals surface area contributed by atoms with E-state index in [0.717, 1.165) is 5.56 Å². The highest BCUT2D eigenvalue weighted by molar-refractivity contribution is 8.02. The van der Waals surface area contributed by atoms with Gasteiger partial charge in [0.15, 0.2) is 0 Å². The maximum Gasteiger partial charge on any atom is 0.259 e. The lowest BCUT2D eigenvalue weighted by atomic mass is 9.98. The van der Waals surface area contributed by atoms with Crippen molar-refractivity contribution in [2.75, 3.05) is 11.6 Å². The normalized spacial score (nSPS) is 10.1. The lowest BCUT2D eigenvalue weighted by Gasteiger charge is -2.17. The molecule has 0 spiro atoms. The minimum Gasteiger partial charge on any atom is -0.336 e. The molecule has 0 aliphatic rings. The molecule has 122 valence electrons. The summed E-state index contributed by atoms with van der Waals surface area (Å²) in [5, 5.41) is 20.5. The van der Waals surface area contributed by atoms with Crippen molar-refractivity contribution in [2.24, 2.45) is 7.05 Å². The smallest absolute Gasteiger partial charge is 0.259 e. The van der Waals surface area contributed by atoms with Crippen LogP contribution in [0.25, 0.3) is 11.1 Å². The molecule has 0 radical (unpaired) electrons. The second-order valence-corrected chi connectivity index (χ2v) is 6.17. The first-order chi connectivity index (χ1) is 11.4. The number of hydrogen-bond acceptors (Lipinski definition) is 5. The van der Waals surface area contributed by atoms with Gasteiger partial charge in [0, 0.05) is 24.4 Å². The number of benzene rings is 1. The van der Waals surface area contributed by atoms with Gasteiger partial charge in [0.2, 0.25) is 0 Å². The number of nitriles is 1. The molecule has 0 bridgehead atoms. The van der Waals surface area contributed by atoms with Crippen LogP contribution in [0.1, 0.15) is 16.7 Å². The average Bonchev–Trinajstić information content (AvgIpc) is 2.60. The van der Waals surface area contributed by atoms with E-state index in [0.29, 0.717) is 33.1 Å². The van der Waals surface area contributed by atoms with Crippen molar-refractivity contribution in [3.63, 3.8) is 0 Å². The number of aryl methyl sites for hydroxylation is 1. The molecule has 2 rings (SSSR count). The Labute approximate surface area is 145 Å². The third-order valence-corrected chi connectivity index (χ3v) is 4.36. The molecular formula is C18H18N4OS. The summed E-state index contributed by atoms with van der Waals surface area (Å²) < 4.78 is 1.47. The number of nitrogens with one attached hydrogen (secondary N) is 2. The van der Waals surface area contributed by atoms with Crippen molar-refractivity contribution in [1.82, 2.24) is 4.57 Å². The summed E-state index contributed by atoms with van der Waals surface area (Å²) in [4.78, 5) is 12.8. The number of anilines is 1. The van der Waals surface area contributed by atoms with Gasteiger partial charge in [-0.2, -0.15) is 5.26 Å². The largest absolute Gasteiger partial charge is 0.336 e. The van der Waals surface area contributed by atoms with Crippen LogP contribution in [0.2, 0.25) is 0 Å². The highest BCUT2D eigenvalue weighted by atomic mass is 32.2. The maximum absolute atomic E-state index is 12.8. The topological polar surface area (TPSA) is 81.7 Å². The predicted octanol–water partition coefficient (Wildman–Crippen LogP) is 3.48. The zero-order valence-electron chi connectivity index (χ0n) is 13.8. The van der Waals surface area contributed by atoms with Crippen molar-refractivity contribution in [3.05, 3.63) is 62.9 Å². The Bertz CT molecular complexity index is 922. The van der Waals surface area contributed by atoms with Crippen LogP contribution in [0.4, 0.5) is 5.82 Å². The van der Waals surface area contributed by atoms with E-state index in [1.54, 1.807) is 25.2 Å². The molecule has 1 aromatic carbocycles. The van der Waals surface area contributed by atoms with Crippen molar-refractivity contribution >= 4 is 23.8 Å². The summed E-state index contributed by atoms with van der Waals surface area (Å²) in [7, 11) is 1.65. The van der Waals surface area contributed by atoms with E-state index in [4.69, 9.17) is 10.7 Å². The van der Waals surface area contributed by atoms with Gasteiger partial charge in [0.25, 0.3) is 5.56 Å². The van der Waals surface area contributed by atoms with Crippen molar-refractivity contribution < 1.29 is 0 Å². The fraction of sp³-hybridized carbons (Fsp3) is 0.167. The van der Waals surface area contributed by atoms with E-state index in [9.17, 15) is 4.79 Å². The first-order valence-electron chi connectivity index (χ1n) is 7.18. The zero-order valence-corrected chi connectivity index (χ0v) is 14.6. The summed E-state index contributed by atoms with van der Waals surface area (Å²) in [6.45, 7) is 5.75. The third-order valence-electron chi connectivity index (χ3n) is 3.76. The molecule has 0 amide bonds. The van der Waals surface area contributed by atoms with Gasteiger partial charge in [-0.05, 0) is 42.5 Å². The molecule has 1 aromatic heterocycles. The Morgan fingerprint density at radius 2 is 2.12 bits per heavy atom. The fourth-order valence-electron chi connectivity index (χ4n) is 2.39. The fourth-order valence-corrected chi connectivity index (χ4v) is 2.58. The van der Waals surface area contributed by atoms with Gasteiger partial charge in [0.1, 0.15) is 5.82 Å². The molecule has 0 atom stereocenters. The molecule has 2 aromatic rings. The van der Waals surface area contributed by atoms with Gasteiger partial charge in [-0.3, -0.25) is 9.36 Å². The molecule has 6 heteroatoms. The molecule has 1 heterocycles. The van der Waals surface area contributed by atoms with Gasteiger partial charge < -0.3 is 10.7 Å². The molecule has 0 aliphatic heterocycles. The lowest BCUT2D eigenvalue weighted by Crippen LogP contribution is -2.23. The third kappa shape index (κ3) is 3.26. The zero-order chi connectivity index (χ0) is 17.9.